The quantitative estimate of drug-likeness (QED) is 0.809. The number of hydrogen-bond acceptors (Lipinski definition) is 2. The van der Waals surface area contributed by atoms with Crippen LogP contribution < -0.4 is 5.73 Å². The minimum absolute atomic E-state index is 0.141. The molecule has 0 saturated heterocycles. The van der Waals surface area contributed by atoms with Gasteiger partial charge in [-0.1, -0.05) is 23.2 Å². The van der Waals surface area contributed by atoms with E-state index in [1.54, 1.807) is 12.1 Å². The minimum atomic E-state index is -0.141. The summed E-state index contributed by atoms with van der Waals surface area (Å²) in [5.41, 5.74) is 6.41. The molecule has 0 radical (unpaired) electrons. The first-order chi connectivity index (χ1) is 6.59. The minimum Gasteiger partial charge on any atom is -0.459 e. The van der Waals surface area contributed by atoms with Crippen LogP contribution in [-0.4, -0.2) is 0 Å². The second kappa shape index (κ2) is 3.46. The lowest BCUT2D eigenvalue weighted by atomic mass is 10.2. The average Bonchev–Trinajstić information content (AvgIpc) is 2.56. The van der Waals surface area contributed by atoms with Gasteiger partial charge < -0.3 is 10.2 Å². The number of furan rings is 1. The van der Waals surface area contributed by atoms with E-state index in [4.69, 9.17) is 33.4 Å². The van der Waals surface area contributed by atoms with Crippen molar-refractivity contribution in [1.82, 2.24) is 0 Å². The Kier molecular flexibility index (Phi) is 2.43. The van der Waals surface area contributed by atoms with Gasteiger partial charge in [0.2, 0.25) is 0 Å². The summed E-state index contributed by atoms with van der Waals surface area (Å²) < 4.78 is 5.50. The third kappa shape index (κ3) is 1.50. The van der Waals surface area contributed by atoms with Crippen molar-refractivity contribution in [2.75, 3.05) is 0 Å². The Hall–Kier alpha value is -0.700. The van der Waals surface area contributed by atoms with Crippen molar-refractivity contribution in [3.63, 3.8) is 0 Å². The summed E-state index contributed by atoms with van der Waals surface area (Å²) in [6.07, 6.45) is 0. The molecule has 1 unspecified atom stereocenters. The van der Waals surface area contributed by atoms with E-state index in [1.165, 1.54) is 0 Å². The molecule has 74 valence electrons. The van der Waals surface area contributed by atoms with E-state index in [9.17, 15) is 0 Å². The Balaban J connectivity index is 2.71. The molecule has 1 aromatic carbocycles. The van der Waals surface area contributed by atoms with Crippen LogP contribution in [0, 0.1) is 0 Å². The molecule has 0 aliphatic heterocycles. The van der Waals surface area contributed by atoms with Crippen LogP contribution >= 0.6 is 23.2 Å². The number of benzene rings is 1. The van der Waals surface area contributed by atoms with Gasteiger partial charge in [0.25, 0.3) is 0 Å². The van der Waals surface area contributed by atoms with Crippen LogP contribution in [0.3, 0.4) is 0 Å². The zero-order chi connectivity index (χ0) is 10.3. The summed E-state index contributed by atoms with van der Waals surface area (Å²) >= 11 is 11.9. The maximum absolute atomic E-state index is 6.01. The molecule has 2 rings (SSSR count). The van der Waals surface area contributed by atoms with Crippen LogP contribution in [0.1, 0.15) is 18.7 Å². The number of nitrogens with two attached hydrogens (primary N) is 1. The van der Waals surface area contributed by atoms with Gasteiger partial charge in [-0.05, 0) is 25.1 Å². The molecule has 4 heteroatoms. The van der Waals surface area contributed by atoms with E-state index in [0.717, 1.165) is 5.39 Å². The largest absolute Gasteiger partial charge is 0.459 e. The summed E-state index contributed by atoms with van der Waals surface area (Å²) in [5, 5.41) is 1.85. The van der Waals surface area contributed by atoms with Gasteiger partial charge in [-0.15, -0.1) is 0 Å². The Morgan fingerprint density at radius 2 is 2.07 bits per heavy atom. The highest BCUT2D eigenvalue weighted by Gasteiger charge is 2.11. The third-order valence-corrected chi connectivity index (χ3v) is 2.87. The lowest BCUT2D eigenvalue weighted by molar-refractivity contribution is 0.513. The van der Waals surface area contributed by atoms with Crippen molar-refractivity contribution >= 4 is 34.2 Å². The highest BCUT2D eigenvalue weighted by atomic mass is 35.5. The standard InChI is InChI=1S/C10H9Cl2NO/c1-5(13)9-4-6-8(14-9)3-2-7(11)10(6)12/h2-5H,13H2,1H3. The molecule has 2 nitrogen and oxygen atoms in total. The lowest BCUT2D eigenvalue weighted by Gasteiger charge is -1.96. The first-order valence-electron chi connectivity index (χ1n) is 4.22. The van der Waals surface area contributed by atoms with Crippen molar-refractivity contribution in [3.8, 4) is 0 Å². The fourth-order valence-corrected chi connectivity index (χ4v) is 1.67. The zero-order valence-electron chi connectivity index (χ0n) is 7.55. The molecular formula is C10H9Cl2NO. The SMILES string of the molecule is CC(N)c1cc2c(Cl)c(Cl)ccc2o1. The van der Waals surface area contributed by atoms with Gasteiger partial charge in [-0.3, -0.25) is 0 Å². The zero-order valence-corrected chi connectivity index (χ0v) is 9.06. The van der Waals surface area contributed by atoms with Crippen LogP contribution in [0.25, 0.3) is 11.0 Å². The Morgan fingerprint density at radius 1 is 1.36 bits per heavy atom. The van der Waals surface area contributed by atoms with E-state index < -0.39 is 0 Å². The third-order valence-electron chi connectivity index (χ3n) is 2.06. The molecular weight excluding hydrogens is 221 g/mol. The van der Waals surface area contributed by atoms with Gasteiger partial charge in [0.05, 0.1) is 16.1 Å². The number of hydrogen-bond donors (Lipinski definition) is 1. The van der Waals surface area contributed by atoms with Gasteiger partial charge in [0.15, 0.2) is 0 Å². The molecule has 14 heavy (non-hydrogen) atoms. The van der Waals surface area contributed by atoms with Crippen LogP contribution in [0.4, 0.5) is 0 Å². The maximum atomic E-state index is 6.01. The summed E-state index contributed by atoms with van der Waals surface area (Å²) in [7, 11) is 0. The summed E-state index contributed by atoms with van der Waals surface area (Å²) in [6, 6.07) is 5.18. The van der Waals surface area contributed by atoms with Crippen LogP contribution in [0.5, 0.6) is 0 Å². The molecule has 0 aliphatic rings. The predicted octanol–water partition coefficient (Wildman–Crippen LogP) is 3.76. The van der Waals surface area contributed by atoms with E-state index >= 15 is 0 Å². The van der Waals surface area contributed by atoms with E-state index in [0.29, 0.717) is 21.4 Å². The van der Waals surface area contributed by atoms with Crippen molar-refractivity contribution in [3.05, 3.63) is 34.0 Å². The number of fused-ring (bicyclic) bond motifs is 1. The first-order valence-corrected chi connectivity index (χ1v) is 4.98. The van der Waals surface area contributed by atoms with Gasteiger partial charge >= 0.3 is 0 Å². The highest BCUT2D eigenvalue weighted by Crippen LogP contribution is 2.33. The molecule has 1 heterocycles. The monoisotopic (exact) mass is 229 g/mol. The molecule has 2 N–H and O–H groups in total. The highest BCUT2D eigenvalue weighted by molar-refractivity contribution is 6.45. The molecule has 0 amide bonds. The molecule has 1 aromatic heterocycles. The Labute approximate surface area is 91.6 Å². The smallest absolute Gasteiger partial charge is 0.135 e. The van der Waals surface area contributed by atoms with Crippen molar-refractivity contribution in [1.29, 1.82) is 0 Å². The number of rotatable bonds is 1. The Bertz CT molecular complexity index is 476. The molecule has 0 bridgehead atoms. The fourth-order valence-electron chi connectivity index (χ4n) is 1.30. The van der Waals surface area contributed by atoms with E-state index in [2.05, 4.69) is 0 Å². The summed E-state index contributed by atoms with van der Waals surface area (Å²) in [5.74, 6) is 0.712. The second-order valence-electron chi connectivity index (χ2n) is 3.21. The van der Waals surface area contributed by atoms with Crippen molar-refractivity contribution in [2.24, 2.45) is 5.73 Å². The van der Waals surface area contributed by atoms with Crippen molar-refractivity contribution < 1.29 is 4.42 Å². The predicted molar refractivity (Wildman–Crippen MR) is 58.8 cm³/mol. The first kappa shape index (κ1) is 9.84. The lowest BCUT2D eigenvalue weighted by Crippen LogP contribution is -2.02. The van der Waals surface area contributed by atoms with Crippen molar-refractivity contribution in [2.45, 2.75) is 13.0 Å². The topological polar surface area (TPSA) is 39.2 Å². The van der Waals surface area contributed by atoms with Gasteiger partial charge in [-0.2, -0.15) is 0 Å². The average molecular weight is 230 g/mol. The van der Waals surface area contributed by atoms with Crippen LogP contribution in [0.15, 0.2) is 22.6 Å². The molecule has 0 fully saturated rings. The van der Waals surface area contributed by atoms with E-state index in [-0.39, 0.29) is 6.04 Å². The summed E-state index contributed by atoms with van der Waals surface area (Å²) in [4.78, 5) is 0. The normalized spacial score (nSPS) is 13.4. The fraction of sp³-hybridized carbons (Fsp3) is 0.200. The molecule has 0 saturated carbocycles. The molecule has 1 atom stereocenters. The van der Waals surface area contributed by atoms with Gasteiger partial charge in [0.1, 0.15) is 11.3 Å². The molecule has 0 spiro atoms. The van der Waals surface area contributed by atoms with Gasteiger partial charge in [0, 0.05) is 5.39 Å². The Morgan fingerprint density at radius 3 is 2.71 bits per heavy atom. The van der Waals surface area contributed by atoms with Crippen LogP contribution in [0.2, 0.25) is 10.0 Å². The van der Waals surface area contributed by atoms with Gasteiger partial charge in [-0.25, -0.2) is 0 Å². The molecule has 2 aromatic rings. The second-order valence-corrected chi connectivity index (χ2v) is 4.00. The molecule has 0 aliphatic carbocycles. The summed E-state index contributed by atoms with van der Waals surface area (Å²) in [6.45, 7) is 1.85. The van der Waals surface area contributed by atoms with Crippen LogP contribution in [-0.2, 0) is 0 Å². The van der Waals surface area contributed by atoms with E-state index in [1.807, 2.05) is 13.0 Å². The maximum Gasteiger partial charge on any atom is 0.135 e. The number of halogens is 2.